The Morgan fingerprint density at radius 2 is 2.44 bits per heavy atom. The van der Waals surface area contributed by atoms with E-state index in [0.29, 0.717) is 11.9 Å². The molecule has 1 saturated heterocycles. The SMILES string of the molecule is CC1NCCCC1Nc1ncc([N+](=O)[O-])cc1Cl. The number of nitro groups is 1. The second-order valence-corrected chi connectivity index (χ2v) is 4.82. The van der Waals surface area contributed by atoms with Gasteiger partial charge < -0.3 is 10.6 Å². The van der Waals surface area contributed by atoms with Crippen LogP contribution in [0.15, 0.2) is 12.3 Å². The summed E-state index contributed by atoms with van der Waals surface area (Å²) in [5, 5.41) is 17.5. The molecule has 0 aliphatic carbocycles. The van der Waals surface area contributed by atoms with Crippen LogP contribution in [0.3, 0.4) is 0 Å². The molecule has 7 heteroatoms. The van der Waals surface area contributed by atoms with Crippen LogP contribution in [-0.2, 0) is 0 Å². The van der Waals surface area contributed by atoms with E-state index in [1.165, 1.54) is 12.3 Å². The van der Waals surface area contributed by atoms with Crippen molar-refractivity contribution in [2.75, 3.05) is 11.9 Å². The van der Waals surface area contributed by atoms with E-state index in [0.717, 1.165) is 19.4 Å². The Morgan fingerprint density at radius 3 is 3.06 bits per heavy atom. The lowest BCUT2D eigenvalue weighted by molar-refractivity contribution is -0.385. The minimum atomic E-state index is -0.506. The van der Waals surface area contributed by atoms with Gasteiger partial charge in [-0.1, -0.05) is 11.6 Å². The summed E-state index contributed by atoms with van der Waals surface area (Å²) < 4.78 is 0. The van der Waals surface area contributed by atoms with Crippen molar-refractivity contribution >= 4 is 23.1 Å². The molecule has 0 spiro atoms. The van der Waals surface area contributed by atoms with E-state index in [-0.39, 0.29) is 16.8 Å². The molecule has 0 radical (unpaired) electrons. The largest absolute Gasteiger partial charge is 0.365 e. The van der Waals surface area contributed by atoms with Gasteiger partial charge in [0.25, 0.3) is 5.69 Å². The normalized spacial score (nSPS) is 23.7. The Bertz CT molecular complexity index is 455. The summed E-state index contributed by atoms with van der Waals surface area (Å²) in [6.07, 6.45) is 3.34. The lowest BCUT2D eigenvalue weighted by Gasteiger charge is -2.31. The molecule has 1 aliphatic rings. The zero-order chi connectivity index (χ0) is 13.1. The van der Waals surface area contributed by atoms with E-state index in [9.17, 15) is 10.1 Å². The molecule has 6 nitrogen and oxygen atoms in total. The number of pyridine rings is 1. The number of anilines is 1. The van der Waals surface area contributed by atoms with Gasteiger partial charge in [-0.25, -0.2) is 4.98 Å². The average molecular weight is 271 g/mol. The zero-order valence-electron chi connectivity index (χ0n) is 10.0. The molecule has 1 fully saturated rings. The molecule has 0 amide bonds. The van der Waals surface area contributed by atoms with Gasteiger partial charge in [-0.05, 0) is 26.3 Å². The van der Waals surface area contributed by atoms with E-state index < -0.39 is 4.92 Å². The molecule has 0 bridgehead atoms. The van der Waals surface area contributed by atoms with Gasteiger partial charge in [0.2, 0.25) is 0 Å². The highest BCUT2D eigenvalue weighted by Crippen LogP contribution is 2.25. The molecule has 2 heterocycles. The topological polar surface area (TPSA) is 80.1 Å². The maximum atomic E-state index is 10.6. The first-order chi connectivity index (χ1) is 8.58. The van der Waals surface area contributed by atoms with Crippen molar-refractivity contribution in [3.63, 3.8) is 0 Å². The Balaban J connectivity index is 2.11. The Kier molecular flexibility index (Phi) is 3.98. The van der Waals surface area contributed by atoms with Gasteiger partial charge in [-0.2, -0.15) is 0 Å². The molecule has 0 aromatic carbocycles. The van der Waals surface area contributed by atoms with Crippen LogP contribution in [0.5, 0.6) is 0 Å². The zero-order valence-corrected chi connectivity index (χ0v) is 10.8. The van der Waals surface area contributed by atoms with Crippen LogP contribution in [0, 0.1) is 10.1 Å². The summed E-state index contributed by atoms with van der Waals surface area (Å²) in [5.41, 5.74) is -0.0969. The highest BCUT2D eigenvalue weighted by atomic mass is 35.5. The van der Waals surface area contributed by atoms with Gasteiger partial charge in [-0.15, -0.1) is 0 Å². The summed E-state index contributed by atoms with van der Waals surface area (Å²) in [6.45, 7) is 3.11. The first-order valence-corrected chi connectivity index (χ1v) is 6.25. The van der Waals surface area contributed by atoms with E-state index in [1.807, 2.05) is 0 Å². The predicted molar refractivity (Wildman–Crippen MR) is 70.0 cm³/mol. The first kappa shape index (κ1) is 13.0. The average Bonchev–Trinajstić information content (AvgIpc) is 2.34. The predicted octanol–water partition coefficient (Wildman–Crippen LogP) is 2.20. The number of nitrogens with zero attached hydrogens (tertiary/aromatic N) is 2. The highest BCUT2D eigenvalue weighted by molar-refractivity contribution is 6.33. The van der Waals surface area contributed by atoms with Crippen LogP contribution < -0.4 is 10.6 Å². The molecule has 2 atom stereocenters. The van der Waals surface area contributed by atoms with Crippen LogP contribution in [0.1, 0.15) is 19.8 Å². The number of rotatable bonds is 3. The molecule has 98 valence electrons. The van der Waals surface area contributed by atoms with Crippen molar-refractivity contribution in [1.82, 2.24) is 10.3 Å². The lowest BCUT2D eigenvalue weighted by atomic mass is 10.00. The van der Waals surface area contributed by atoms with Crippen LogP contribution in [0.4, 0.5) is 11.5 Å². The minimum absolute atomic E-state index is 0.0969. The number of hydrogen-bond acceptors (Lipinski definition) is 5. The van der Waals surface area contributed by atoms with Gasteiger partial charge in [-0.3, -0.25) is 10.1 Å². The number of hydrogen-bond donors (Lipinski definition) is 2. The van der Waals surface area contributed by atoms with Gasteiger partial charge in [0.1, 0.15) is 12.0 Å². The van der Waals surface area contributed by atoms with Crippen molar-refractivity contribution in [2.45, 2.75) is 31.8 Å². The number of nitrogens with one attached hydrogen (secondary N) is 2. The van der Waals surface area contributed by atoms with Crippen LogP contribution in [0.25, 0.3) is 0 Å². The number of aromatic nitrogens is 1. The summed E-state index contributed by atoms with van der Waals surface area (Å²) in [7, 11) is 0. The van der Waals surface area contributed by atoms with Crippen molar-refractivity contribution in [2.24, 2.45) is 0 Å². The molecule has 2 unspecified atom stereocenters. The van der Waals surface area contributed by atoms with Crippen LogP contribution in [0.2, 0.25) is 5.02 Å². The van der Waals surface area contributed by atoms with Crippen LogP contribution in [-0.4, -0.2) is 28.5 Å². The van der Waals surface area contributed by atoms with E-state index >= 15 is 0 Å². The third kappa shape index (κ3) is 2.88. The second-order valence-electron chi connectivity index (χ2n) is 4.42. The maximum Gasteiger partial charge on any atom is 0.289 e. The quantitative estimate of drug-likeness (QED) is 0.650. The van der Waals surface area contributed by atoms with Gasteiger partial charge in [0, 0.05) is 18.2 Å². The molecular formula is C11H15ClN4O2. The molecule has 1 aliphatic heterocycles. The third-order valence-corrected chi connectivity index (χ3v) is 3.41. The van der Waals surface area contributed by atoms with Crippen LogP contribution >= 0.6 is 11.6 Å². The smallest absolute Gasteiger partial charge is 0.289 e. The summed E-state index contributed by atoms with van der Waals surface area (Å²) in [6, 6.07) is 1.88. The number of piperidine rings is 1. The van der Waals surface area contributed by atoms with Crippen molar-refractivity contribution in [3.8, 4) is 0 Å². The molecule has 18 heavy (non-hydrogen) atoms. The summed E-state index contributed by atoms with van der Waals surface area (Å²) in [5.74, 6) is 0.503. The molecule has 2 rings (SSSR count). The summed E-state index contributed by atoms with van der Waals surface area (Å²) >= 11 is 5.99. The second kappa shape index (κ2) is 5.49. The van der Waals surface area contributed by atoms with E-state index in [2.05, 4.69) is 22.5 Å². The van der Waals surface area contributed by atoms with E-state index in [1.54, 1.807) is 0 Å². The van der Waals surface area contributed by atoms with E-state index in [4.69, 9.17) is 11.6 Å². The Morgan fingerprint density at radius 1 is 1.67 bits per heavy atom. The molecule has 2 N–H and O–H groups in total. The standard InChI is InChI=1S/C11H15ClN4O2/c1-7-10(3-2-4-13-7)15-11-9(12)5-8(6-14-11)16(17)18/h5-7,10,13H,2-4H2,1H3,(H,14,15). The Hall–Kier alpha value is -1.40. The van der Waals surface area contributed by atoms with Gasteiger partial charge >= 0.3 is 0 Å². The van der Waals surface area contributed by atoms with Gasteiger partial charge in [0.05, 0.1) is 9.95 Å². The highest BCUT2D eigenvalue weighted by Gasteiger charge is 2.22. The lowest BCUT2D eigenvalue weighted by Crippen LogP contribution is -2.46. The minimum Gasteiger partial charge on any atom is -0.365 e. The fraction of sp³-hybridized carbons (Fsp3) is 0.545. The molecule has 1 aromatic rings. The monoisotopic (exact) mass is 270 g/mol. The fourth-order valence-electron chi connectivity index (χ4n) is 2.05. The fourth-order valence-corrected chi connectivity index (χ4v) is 2.27. The van der Waals surface area contributed by atoms with Gasteiger partial charge in [0.15, 0.2) is 0 Å². The molecular weight excluding hydrogens is 256 g/mol. The van der Waals surface area contributed by atoms with Crippen molar-refractivity contribution < 1.29 is 4.92 Å². The Labute approximate surface area is 110 Å². The summed E-state index contributed by atoms with van der Waals surface area (Å²) in [4.78, 5) is 14.1. The van der Waals surface area contributed by atoms with Crippen molar-refractivity contribution in [3.05, 3.63) is 27.4 Å². The maximum absolute atomic E-state index is 10.6. The molecule has 0 saturated carbocycles. The third-order valence-electron chi connectivity index (χ3n) is 3.12. The first-order valence-electron chi connectivity index (χ1n) is 5.88. The van der Waals surface area contributed by atoms with Crippen molar-refractivity contribution in [1.29, 1.82) is 0 Å². The molecule has 1 aromatic heterocycles. The number of halogens is 1.